The van der Waals surface area contributed by atoms with Crippen LogP contribution < -0.4 is 5.32 Å². The summed E-state index contributed by atoms with van der Waals surface area (Å²) in [5.41, 5.74) is -0.167. The molecule has 0 saturated carbocycles. The van der Waals surface area contributed by atoms with Crippen molar-refractivity contribution in [3.05, 3.63) is 18.2 Å². The Morgan fingerprint density at radius 3 is 2.75 bits per heavy atom. The SMILES string of the molecule is CCCC1(C(=O)N(C)Cc2nccn2C)CCNCC1. The van der Waals surface area contributed by atoms with E-state index < -0.39 is 0 Å². The molecule has 2 rings (SSSR count). The van der Waals surface area contributed by atoms with Crippen LogP contribution in [0.3, 0.4) is 0 Å². The van der Waals surface area contributed by atoms with Crippen molar-refractivity contribution in [1.82, 2.24) is 19.8 Å². The fourth-order valence-electron chi connectivity index (χ4n) is 3.19. The summed E-state index contributed by atoms with van der Waals surface area (Å²) in [6, 6.07) is 0. The molecular weight excluding hydrogens is 252 g/mol. The van der Waals surface area contributed by atoms with Crippen LogP contribution in [-0.4, -0.2) is 40.5 Å². The average Bonchev–Trinajstić information content (AvgIpc) is 2.85. The van der Waals surface area contributed by atoms with Crippen molar-refractivity contribution in [1.29, 1.82) is 0 Å². The van der Waals surface area contributed by atoms with Crippen LogP contribution in [0.2, 0.25) is 0 Å². The molecule has 0 atom stereocenters. The van der Waals surface area contributed by atoms with Gasteiger partial charge >= 0.3 is 0 Å². The maximum atomic E-state index is 12.9. The normalized spacial score (nSPS) is 17.9. The van der Waals surface area contributed by atoms with Gasteiger partial charge in [0.1, 0.15) is 5.82 Å². The third kappa shape index (κ3) is 3.03. The molecule has 0 bridgehead atoms. The highest BCUT2D eigenvalue weighted by Crippen LogP contribution is 2.36. The van der Waals surface area contributed by atoms with Crippen molar-refractivity contribution in [3.63, 3.8) is 0 Å². The van der Waals surface area contributed by atoms with Crippen molar-refractivity contribution in [2.45, 2.75) is 39.2 Å². The summed E-state index contributed by atoms with van der Waals surface area (Å²) < 4.78 is 1.97. The lowest BCUT2D eigenvalue weighted by Crippen LogP contribution is -2.48. The second-order valence-electron chi connectivity index (χ2n) is 5.90. The molecule has 0 radical (unpaired) electrons. The van der Waals surface area contributed by atoms with Crippen molar-refractivity contribution < 1.29 is 4.79 Å². The summed E-state index contributed by atoms with van der Waals surface area (Å²) in [6.45, 7) is 4.64. The summed E-state index contributed by atoms with van der Waals surface area (Å²) in [5, 5.41) is 3.36. The van der Waals surface area contributed by atoms with E-state index in [1.165, 1.54) is 0 Å². The van der Waals surface area contributed by atoms with Crippen LogP contribution in [0.25, 0.3) is 0 Å². The molecule has 1 N–H and O–H groups in total. The monoisotopic (exact) mass is 278 g/mol. The Labute approximate surface area is 121 Å². The number of hydrogen-bond acceptors (Lipinski definition) is 3. The molecule has 0 unspecified atom stereocenters. The zero-order valence-electron chi connectivity index (χ0n) is 12.9. The number of carbonyl (C=O) groups is 1. The van der Waals surface area contributed by atoms with Crippen molar-refractivity contribution in [2.75, 3.05) is 20.1 Å². The molecule has 0 aliphatic carbocycles. The maximum Gasteiger partial charge on any atom is 0.229 e. The van der Waals surface area contributed by atoms with E-state index in [1.807, 2.05) is 29.8 Å². The summed E-state index contributed by atoms with van der Waals surface area (Å²) in [6.07, 6.45) is 7.63. The largest absolute Gasteiger partial charge is 0.338 e. The Kier molecular flexibility index (Phi) is 4.81. The van der Waals surface area contributed by atoms with E-state index in [9.17, 15) is 4.79 Å². The molecule has 1 saturated heterocycles. The van der Waals surface area contributed by atoms with E-state index in [4.69, 9.17) is 0 Å². The number of amides is 1. The van der Waals surface area contributed by atoms with Gasteiger partial charge in [0.15, 0.2) is 0 Å². The maximum absolute atomic E-state index is 12.9. The van der Waals surface area contributed by atoms with Crippen LogP contribution in [0, 0.1) is 5.41 Å². The van der Waals surface area contributed by atoms with Gasteiger partial charge in [-0.25, -0.2) is 4.98 Å². The molecule has 0 spiro atoms. The predicted octanol–water partition coefficient (Wildman–Crippen LogP) is 1.55. The van der Waals surface area contributed by atoms with Gasteiger partial charge < -0.3 is 14.8 Å². The van der Waals surface area contributed by atoms with Crippen LogP contribution in [0.5, 0.6) is 0 Å². The molecule has 1 aromatic rings. The highest BCUT2D eigenvalue weighted by Gasteiger charge is 2.40. The minimum Gasteiger partial charge on any atom is -0.338 e. The van der Waals surface area contributed by atoms with E-state index in [2.05, 4.69) is 17.2 Å². The van der Waals surface area contributed by atoms with Gasteiger partial charge in [-0.05, 0) is 32.4 Å². The number of aromatic nitrogens is 2. The highest BCUT2D eigenvalue weighted by atomic mass is 16.2. The molecule has 5 nitrogen and oxygen atoms in total. The topological polar surface area (TPSA) is 50.2 Å². The Morgan fingerprint density at radius 1 is 1.50 bits per heavy atom. The summed E-state index contributed by atoms with van der Waals surface area (Å²) in [7, 11) is 3.86. The summed E-state index contributed by atoms with van der Waals surface area (Å²) in [5.74, 6) is 1.21. The first-order valence-corrected chi connectivity index (χ1v) is 7.51. The fourth-order valence-corrected chi connectivity index (χ4v) is 3.19. The second kappa shape index (κ2) is 6.39. The number of nitrogens with zero attached hydrogens (tertiary/aromatic N) is 3. The standard InChI is InChI=1S/C15H26N4O/c1-4-5-15(6-8-16-9-7-15)14(20)19(3)12-13-17-10-11-18(13)2/h10-11,16H,4-9,12H2,1-3H3. The van der Waals surface area contributed by atoms with Crippen LogP contribution in [0.1, 0.15) is 38.4 Å². The lowest BCUT2D eigenvalue weighted by Gasteiger charge is -2.39. The van der Waals surface area contributed by atoms with Crippen molar-refractivity contribution in [2.24, 2.45) is 12.5 Å². The molecule has 1 aliphatic rings. The number of carbonyl (C=O) groups excluding carboxylic acids is 1. The van der Waals surface area contributed by atoms with Crippen LogP contribution >= 0.6 is 0 Å². The first-order valence-electron chi connectivity index (χ1n) is 7.51. The van der Waals surface area contributed by atoms with Crippen molar-refractivity contribution in [3.8, 4) is 0 Å². The first kappa shape index (κ1) is 15.0. The molecule has 1 aliphatic heterocycles. The number of piperidine rings is 1. The van der Waals surface area contributed by atoms with Crippen LogP contribution in [0.4, 0.5) is 0 Å². The van der Waals surface area contributed by atoms with Gasteiger partial charge in [0.2, 0.25) is 5.91 Å². The zero-order chi connectivity index (χ0) is 14.6. The molecule has 1 aromatic heterocycles. The van der Waals surface area contributed by atoms with E-state index in [-0.39, 0.29) is 11.3 Å². The minimum atomic E-state index is -0.167. The van der Waals surface area contributed by atoms with E-state index in [1.54, 1.807) is 6.20 Å². The van der Waals surface area contributed by atoms with Gasteiger partial charge in [-0.15, -0.1) is 0 Å². The van der Waals surface area contributed by atoms with Gasteiger partial charge in [-0.1, -0.05) is 13.3 Å². The average molecular weight is 278 g/mol. The van der Waals surface area contributed by atoms with Crippen LogP contribution in [-0.2, 0) is 18.4 Å². The molecule has 20 heavy (non-hydrogen) atoms. The molecule has 1 amide bonds. The highest BCUT2D eigenvalue weighted by molar-refractivity contribution is 5.82. The van der Waals surface area contributed by atoms with E-state index in [0.29, 0.717) is 6.54 Å². The van der Waals surface area contributed by atoms with E-state index >= 15 is 0 Å². The lowest BCUT2D eigenvalue weighted by molar-refractivity contribution is -0.143. The fraction of sp³-hybridized carbons (Fsp3) is 0.733. The van der Waals surface area contributed by atoms with Gasteiger partial charge in [-0.3, -0.25) is 4.79 Å². The Bertz CT molecular complexity index is 443. The molecule has 0 aromatic carbocycles. The molecule has 112 valence electrons. The Morgan fingerprint density at radius 2 is 2.20 bits per heavy atom. The molecule has 5 heteroatoms. The minimum absolute atomic E-state index is 0.167. The quantitative estimate of drug-likeness (QED) is 0.889. The van der Waals surface area contributed by atoms with Gasteiger partial charge in [-0.2, -0.15) is 0 Å². The lowest BCUT2D eigenvalue weighted by atomic mass is 9.74. The Hall–Kier alpha value is -1.36. The zero-order valence-corrected chi connectivity index (χ0v) is 12.9. The van der Waals surface area contributed by atoms with Gasteiger partial charge in [0.05, 0.1) is 12.0 Å². The van der Waals surface area contributed by atoms with Crippen LogP contribution in [0.15, 0.2) is 12.4 Å². The number of hydrogen-bond donors (Lipinski definition) is 1. The Balaban J connectivity index is 2.08. The number of nitrogens with one attached hydrogen (secondary N) is 1. The number of imidazole rings is 1. The third-order valence-electron chi connectivity index (χ3n) is 4.39. The summed E-state index contributed by atoms with van der Waals surface area (Å²) >= 11 is 0. The van der Waals surface area contributed by atoms with Gasteiger partial charge in [0, 0.05) is 26.5 Å². The number of aryl methyl sites for hydroxylation is 1. The molecule has 1 fully saturated rings. The third-order valence-corrected chi connectivity index (χ3v) is 4.39. The molecule has 2 heterocycles. The van der Waals surface area contributed by atoms with E-state index in [0.717, 1.165) is 44.6 Å². The first-order chi connectivity index (χ1) is 9.59. The smallest absolute Gasteiger partial charge is 0.229 e. The van der Waals surface area contributed by atoms with Gasteiger partial charge in [0.25, 0.3) is 0 Å². The van der Waals surface area contributed by atoms with Crippen molar-refractivity contribution >= 4 is 5.91 Å². The number of rotatable bonds is 5. The molecular formula is C15H26N4O. The predicted molar refractivity (Wildman–Crippen MR) is 79.1 cm³/mol. The summed E-state index contributed by atoms with van der Waals surface area (Å²) in [4.78, 5) is 19.1. The second-order valence-corrected chi connectivity index (χ2v) is 5.90.